The Kier molecular flexibility index (Phi) is 6.18. The molecule has 2 aromatic carbocycles. The maximum atomic E-state index is 11.8. The Labute approximate surface area is 141 Å². The Morgan fingerprint density at radius 1 is 1.26 bits per heavy atom. The Hall–Kier alpha value is -2.33. The summed E-state index contributed by atoms with van der Waals surface area (Å²) in [6.07, 6.45) is 1.53. The van der Waals surface area contributed by atoms with Gasteiger partial charge < -0.3 is 4.74 Å². The minimum absolute atomic E-state index is 0.0867. The number of hydrazone groups is 1. The molecule has 1 N–H and O–H groups in total. The van der Waals surface area contributed by atoms with E-state index >= 15 is 0 Å². The van der Waals surface area contributed by atoms with Crippen LogP contribution in [-0.2, 0) is 4.79 Å². The number of nitrogens with zero attached hydrogens (tertiary/aromatic N) is 1. The molecule has 0 aliphatic carbocycles. The number of halogens is 1. The predicted molar refractivity (Wildman–Crippen MR) is 93.2 cm³/mol. The first-order valence-corrected chi connectivity index (χ1v) is 7.73. The number of rotatable bonds is 6. The van der Waals surface area contributed by atoms with Crippen LogP contribution in [0.25, 0.3) is 0 Å². The lowest BCUT2D eigenvalue weighted by Gasteiger charge is -2.12. The zero-order valence-electron chi connectivity index (χ0n) is 13.1. The van der Waals surface area contributed by atoms with E-state index in [0.717, 1.165) is 16.9 Å². The van der Waals surface area contributed by atoms with Gasteiger partial charge in [-0.2, -0.15) is 5.10 Å². The van der Waals surface area contributed by atoms with Crippen LogP contribution in [-0.4, -0.2) is 18.7 Å². The molecule has 0 aliphatic rings. The van der Waals surface area contributed by atoms with E-state index in [-0.39, 0.29) is 12.5 Å². The van der Waals surface area contributed by atoms with Gasteiger partial charge in [0.1, 0.15) is 5.75 Å². The predicted octanol–water partition coefficient (Wildman–Crippen LogP) is 3.99. The van der Waals surface area contributed by atoms with Crippen LogP contribution in [0.2, 0.25) is 5.02 Å². The fraction of sp³-hybridized carbons (Fsp3) is 0.222. The fourth-order valence-electron chi connectivity index (χ4n) is 2.03. The average molecular weight is 331 g/mol. The molecule has 4 nitrogen and oxygen atoms in total. The molecule has 0 bridgehead atoms. The van der Waals surface area contributed by atoms with Gasteiger partial charge in [-0.3, -0.25) is 4.79 Å². The lowest BCUT2D eigenvalue weighted by atomic mass is 10.0. The molecule has 0 atom stereocenters. The summed E-state index contributed by atoms with van der Waals surface area (Å²) in [5, 5.41) is 4.51. The molecule has 120 valence electrons. The largest absolute Gasteiger partial charge is 0.483 e. The van der Waals surface area contributed by atoms with Gasteiger partial charge in [-0.25, -0.2) is 5.43 Å². The van der Waals surface area contributed by atoms with Gasteiger partial charge in [-0.05, 0) is 35.2 Å². The lowest BCUT2D eigenvalue weighted by molar-refractivity contribution is -0.123. The van der Waals surface area contributed by atoms with Crippen molar-refractivity contribution in [3.63, 3.8) is 0 Å². The first-order valence-electron chi connectivity index (χ1n) is 7.35. The molecule has 23 heavy (non-hydrogen) atoms. The minimum atomic E-state index is -0.318. The smallest absolute Gasteiger partial charge is 0.277 e. The van der Waals surface area contributed by atoms with E-state index in [2.05, 4.69) is 24.4 Å². The summed E-state index contributed by atoms with van der Waals surface area (Å²) in [7, 11) is 0. The summed E-state index contributed by atoms with van der Waals surface area (Å²) < 4.78 is 5.58. The van der Waals surface area contributed by atoms with E-state index in [4.69, 9.17) is 16.3 Å². The van der Waals surface area contributed by atoms with E-state index in [9.17, 15) is 4.79 Å². The van der Waals surface area contributed by atoms with Gasteiger partial charge in [-0.1, -0.05) is 55.8 Å². The second kappa shape index (κ2) is 8.34. The minimum Gasteiger partial charge on any atom is -0.483 e. The van der Waals surface area contributed by atoms with Crippen LogP contribution in [0.1, 0.15) is 30.9 Å². The van der Waals surface area contributed by atoms with E-state index in [1.54, 1.807) is 12.1 Å². The van der Waals surface area contributed by atoms with Crippen molar-refractivity contribution in [3.05, 3.63) is 64.7 Å². The highest BCUT2D eigenvalue weighted by Gasteiger charge is 2.08. The second-order valence-electron chi connectivity index (χ2n) is 5.33. The summed E-state index contributed by atoms with van der Waals surface area (Å²) in [5.74, 6) is 0.730. The summed E-state index contributed by atoms with van der Waals surface area (Å²) in [4.78, 5) is 11.8. The number of carbonyl (C=O) groups is 1. The average Bonchev–Trinajstić information content (AvgIpc) is 2.53. The summed E-state index contributed by atoms with van der Waals surface area (Å²) in [6.45, 7) is 4.08. The van der Waals surface area contributed by atoms with Crippen LogP contribution < -0.4 is 10.2 Å². The van der Waals surface area contributed by atoms with Crippen molar-refractivity contribution in [2.45, 2.75) is 19.8 Å². The van der Waals surface area contributed by atoms with Gasteiger partial charge >= 0.3 is 0 Å². The number of hydrogen-bond acceptors (Lipinski definition) is 3. The summed E-state index contributed by atoms with van der Waals surface area (Å²) in [5.41, 5.74) is 4.31. The van der Waals surface area contributed by atoms with E-state index in [1.807, 2.05) is 36.4 Å². The quantitative estimate of drug-likeness (QED) is 0.643. The van der Waals surface area contributed by atoms with Crippen LogP contribution >= 0.6 is 11.6 Å². The maximum absolute atomic E-state index is 11.8. The SMILES string of the molecule is CC(C)c1ccccc1OCC(=O)NN=Cc1cccc(Cl)c1. The molecule has 1 amide bonds. The van der Waals surface area contributed by atoms with Crippen LogP contribution in [0.3, 0.4) is 0 Å². The monoisotopic (exact) mass is 330 g/mol. The number of carbonyl (C=O) groups excluding carboxylic acids is 1. The Morgan fingerprint density at radius 3 is 2.78 bits per heavy atom. The molecule has 0 saturated carbocycles. The van der Waals surface area contributed by atoms with Gasteiger partial charge in [0.2, 0.25) is 0 Å². The highest BCUT2D eigenvalue weighted by molar-refractivity contribution is 6.30. The van der Waals surface area contributed by atoms with Crippen molar-refractivity contribution in [1.82, 2.24) is 5.43 Å². The van der Waals surface area contributed by atoms with Crippen LogP contribution in [0.15, 0.2) is 53.6 Å². The van der Waals surface area contributed by atoms with Gasteiger partial charge in [-0.15, -0.1) is 0 Å². The van der Waals surface area contributed by atoms with Gasteiger partial charge in [0.05, 0.1) is 6.21 Å². The Balaban J connectivity index is 1.86. The molecule has 0 spiro atoms. The molecule has 5 heteroatoms. The zero-order chi connectivity index (χ0) is 16.7. The van der Waals surface area contributed by atoms with Crippen LogP contribution in [0, 0.1) is 0 Å². The van der Waals surface area contributed by atoms with Crippen molar-refractivity contribution < 1.29 is 9.53 Å². The molecular weight excluding hydrogens is 312 g/mol. The van der Waals surface area contributed by atoms with Crippen molar-refractivity contribution >= 4 is 23.7 Å². The van der Waals surface area contributed by atoms with E-state index < -0.39 is 0 Å². The third-order valence-corrected chi connectivity index (χ3v) is 3.39. The Morgan fingerprint density at radius 2 is 2.04 bits per heavy atom. The highest BCUT2D eigenvalue weighted by atomic mass is 35.5. The van der Waals surface area contributed by atoms with Gasteiger partial charge in [0.15, 0.2) is 6.61 Å². The van der Waals surface area contributed by atoms with Crippen LogP contribution in [0.4, 0.5) is 0 Å². The van der Waals surface area contributed by atoms with Crippen LogP contribution in [0.5, 0.6) is 5.75 Å². The Bertz CT molecular complexity index is 699. The van der Waals surface area contributed by atoms with Gasteiger partial charge in [0.25, 0.3) is 5.91 Å². The molecular formula is C18H19ClN2O2. The lowest BCUT2D eigenvalue weighted by Crippen LogP contribution is -2.24. The summed E-state index contributed by atoms with van der Waals surface area (Å²) in [6, 6.07) is 14.9. The van der Waals surface area contributed by atoms with Crippen molar-refractivity contribution in [2.24, 2.45) is 5.10 Å². The van der Waals surface area contributed by atoms with E-state index in [0.29, 0.717) is 10.9 Å². The number of benzene rings is 2. The molecule has 0 unspecified atom stereocenters. The molecule has 0 aliphatic heterocycles. The summed E-state index contributed by atoms with van der Waals surface area (Å²) >= 11 is 5.88. The standard InChI is InChI=1S/C18H19ClN2O2/c1-13(2)16-8-3-4-9-17(16)23-12-18(22)21-20-11-14-6-5-7-15(19)10-14/h3-11,13H,12H2,1-2H3,(H,21,22). The maximum Gasteiger partial charge on any atom is 0.277 e. The number of amides is 1. The first kappa shape index (κ1) is 17.0. The molecule has 0 saturated heterocycles. The van der Waals surface area contributed by atoms with Crippen molar-refractivity contribution in [2.75, 3.05) is 6.61 Å². The molecule has 0 aromatic heterocycles. The second-order valence-corrected chi connectivity index (χ2v) is 5.77. The third-order valence-electron chi connectivity index (χ3n) is 3.15. The van der Waals surface area contributed by atoms with E-state index in [1.165, 1.54) is 6.21 Å². The van der Waals surface area contributed by atoms with Crippen molar-refractivity contribution in [3.8, 4) is 5.75 Å². The first-order chi connectivity index (χ1) is 11.1. The number of para-hydroxylation sites is 1. The molecule has 0 radical (unpaired) electrons. The normalized spacial score (nSPS) is 11.0. The number of ether oxygens (including phenoxy) is 1. The van der Waals surface area contributed by atoms with Gasteiger partial charge in [0, 0.05) is 5.02 Å². The molecule has 2 rings (SSSR count). The molecule has 0 fully saturated rings. The zero-order valence-corrected chi connectivity index (χ0v) is 13.9. The number of hydrogen-bond donors (Lipinski definition) is 1. The highest BCUT2D eigenvalue weighted by Crippen LogP contribution is 2.25. The fourth-order valence-corrected chi connectivity index (χ4v) is 2.23. The van der Waals surface area contributed by atoms with Crippen molar-refractivity contribution in [1.29, 1.82) is 0 Å². The topological polar surface area (TPSA) is 50.7 Å². The number of nitrogens with one attached hydrogen (secondary N) is 1. The molecule has 0 heterocycles. The third kappa shape index (κ3) is 5.42. The molecule has 2 aromatic rings.